The minimum absolute atomic E-state index is 0.0173. The van der Waals surface area contributed by atoms with E-state index in [2.05, 4.69) is 58.2 Å². The molecule has 0 bridgehead atoms. The number of carboxylic acid groups (broad SMARTS) is 1. The first-order valence-corrected chi connectivity index (χ1v) is 35.4. The number of rotatable bonds is 22. The summed E-state index contributed by atoms with van der Waals surface area (Å²) in [5.74, 6) is -13.6. The van der Waals surface area contributed by atoms with Crippen LogP contribution in [0.15, 0.2) is 79.0 Å². The summed E-state index contributed by atoms with van der Waals surface area (Å²) in [7, 11) is 1.72. The number of amides is 12. The second-order valence-corrected chi connectivity index (χ2v) is 27.2. The molecule has 100 heavy (non-hydrogen) atoms. The Morgan fingerprint density at radius 3 is 1.90 bits per heavy atom. The van der Waals surface area contributed by atoms with Crippen LogP contribution in [-0.2, 0) is 81.6 Å². The van der Waals surface area contributed by atoms with Gasteiger partial charge in [-0.25, -0.2) is 0 Å². The number of fused-ring (bicyclic) bond motifs is 1. The van der Waals surface area contributed by atoms with Crippen LogP contribution in [-0.4, -0.2) is 212 Å². The summed E-state index contributed by atoms with van der Waals surface area (Å²) in [6, 6.07) is 3.59. The zero-order chi connectivity index (χ0) is 73.0. The molecule has 32 nitrogen and oxygen atoms in total. The molecule has 544 valence electrons. The molecule has 0 saturated carbocycles. The molecule has 4 aromatic rings. The number of carbonyl (C=O) groups is 13. The van der Waals surface area contributed by atoms with Crippen molar-refractivity contribution < 1.29 is 82.8 Å². The maximum Gasteiger partial charge on any atom is 0.303 e. The Morgan fingerprint density at radius 2 is 1.26 bits per heavy atom. The van der Waals surface area contributed by atoms with Crippen molar-refractivity contribution >= 4 is 109 Å². The quantitative estimate of drug-likeness (QED) is 0.0291. The maximum absolute atomic E-state index is 15.0. The molecular weight excluding hydrogens is 1340 g/mol. The van der Waals surface area contributed by atoms with Gasteiger partial charge >= 0.3 is 5.97 Å². The number of nitrogens with two attached hydrogens (primary N) is 3. The summed E-state index contributed by atoms with van der Waals surface area (Å²) in [5, 5.41) is 67.3. The first-order chi connectivity index (χ1) is 47.8. The number of aliphatic hydroxyl groups is 1. The molecule has 12 amide bonds. The topological polar surface area (TPSA) is 520 Å². The standard InChI is InChI=1S/C66H91N15O17S2/c1-36(2)56-66(98)77-47(30-38-16-20-41(84)21-17-38)60(92)73-44(11-5-6-25-67)58(90)70-27-7-13-53(85)72-49(33-82)63(95)75-48(31-39-32-71-43-10-4-3-9-42(39)43)62(94)74-45(22-23-55(87)88)59(91)78-50(57(69)89)34-99-100-35-51(64(96)80-56)79-61(93)46(29-37-14-18-40(83)19-15-37)76-65(97)52-12-8-28-81(52)54(86)24-26-68/h3-4,9-10,14-21,32,36,44-52,56,71,82-84H,5-8,11-13,22-31,33-35,67-68H2,1-2H3,(H2,69,89)(H,70,90)(H,72,85)(H,73,92)(H,74,94)(H,75,95)(H,76,97)(H,77,98)(H,78,91)(H,79,93)(H,80,96)(H,87,88)/t44-,45-,46-,47-,48-,49-,50-,51-,52-,56-/m0/s1. The number of unbranched alkanes of at least 4 members (excludes halogenated alkanes) is 1. The van der Waals surface area contributed by atoms with Crippen molar-refractivity contribution in [2.24, 2.45) is 23.1 Å². The molecule has 3 heterocycles. The van der Waals surface area contributed by atoms with E-state index in [1.807, 2.05) is 0 Å². The minimum Gasteiger partial charge on any atom is -0.508 e. The average molecular weight is 1430 g/mol. The van der Waals surface area contributed by atoms with E-state index in [-0.39, 0.29) is 106 Å². The number of benzene rings is 3. The van der Waals surface area contributed by atoms with E-state index in [4.69, 9.17) is 17.2 Å². The van der Waals surface area contributed by atoms with Crippen LogP contribution in [0.2, 0.25) is 0 Å². The van der Waals surface area contributed by atoms with Crippen molar-refractivity contribution in [1.82, 2.24) is 63.1 Å². The third-order valence-corrected chi connectivity index (χ3v) is 19.1. The number of likely N-dealkylation sites (tertiary alicyclic amines) is 1. The van der Waals surface area contributed by atoms with Gasteiger partial charge in [-0.15, -0.1) is 0 Å². The fourth-order valence-electron chi connectivity index (χ4n) is 11.1. The van der Waals surface area contributed by atoms with Gasteiger partial charge in [-0.2, -0.15) is 0 Å². The van der Waals surface area contributed by atoms with Crippen LogP contribution in [0.25, 0.3) is 10.9 Å². The smallest absolute Gasteiger partial charge is 0.303 e. The molecule has 0 spiro atoms. The van der Waals surface area contributed by atoms with Crippen molar-refractivity contribution in [3.63, 3.8) is 0 Å². The Bertz CT molecular complexity index is 3510. The Hall–Kier alpha value is -9.51. The Morgan fingerprint density at radius 1 is 0.650 bits per heavy atom. The van der Waals surface area contributed by atoms with Crippen molar-refractivity contribution in [2.45, 2.75) is 158 Å². The molecular formula is C66H91N15O17S2. The molecule has 2 saturated heterocycles. The van der Waals surface area contributed by atoms with Crippen LogP contribution in [0.3, 0.4) is 0 Å². The number of nitrogens with zero attached hydrogens (tertiary/aromatic N) is 1. The van der Waals surface area contributed by atoms with E-state index >= 15 is 0 Å². The van der Waals surface area contributed by atoms with Gasteiger partial charge in [0.25, 0.3) is 0 Å². The summed E-state index contributed by atoms with van der Waals surface area (Å²) in [5.41, 5.74) is 19.4. The highest BCUT2D eigenvalue weighted by Gasteiger charge is 2.39. The maximum atomic E-state index is 15.0. The molecule has 0 aliphatic carbocycles. The average Bonchev–Trinajstić information content (AvgIpc) is 1.62. The van der Waals surface area contributed by atoms with Crippen molar-refractivity contribution in [1.29, 1.82) is 0 Å². The Balaban J connectivity index is 1.38. The summed E-state index contributed by atoms with van der Waals surface area (Å²) in [4.78, 5) is 186. The number of aliphatic carboxylic acids is 1. The number of para-hydroxylation sites is 1. The second-order valence-electron chi connectivity index (χ2n) is 24.6. The number of carboxylic acids is 1. The SMILES string of the molecule is CC(C)[C@@H]1NC(=O)[C@@H](NC(=O)[C@H](Cc2ccc(O)cc2)NC(=O)[C@@H]2CCCN2C(=O)CCN)CSSC[C@@H](C(N)=O)NC(=O)[C@H](CCC(=O)O)NC(=O)[C@H](Cc2c[nH]c3ccccc23)NC(=O)[C@H](CO)NC(=O)CCCNC(=O)[C@H](CCCCN)NC(=O)[C@H](Cc2ccc(O)cc2)NC1=O. The molecule has 10 atom stereocenters. The molecule has 6 rings (SSSR count). The number of aromatic hydroxyl groups is 2. The van der Waals surface area contributed by atoms with Gasteiger partial charge in [0.05, 0.1) is 6.61 Å². The number of hydrogen-bond donors (Lipinski definition) is 18. The van der Waals surface area contributed by atoms with E-state index in [0.29, 0.717) is 46.9 Å². The van der Waals surface area contributed by atoms with Gasteiger partial charge in [0, 0.05) is 86.8 Å². The second kappa shape index (κ2) is 39.9. The van der Waals surface area contributed by atoms with Crippen LogP contribution < -0.4 is 70.4 Å². The highest BCUT2D eigenvalue weighted by Crippen LogP contribution is 2.25. The lowest BCUT2D eigenvalue weighted by Crippen LogP contribution is -2.61. The first kappa shape index (κ1) is 79.5. The largest absolute Gasteiger partial charge is 0.508 e. The lowest BCUT2D eigenvalue weighted by Gasteiger charge is -2.29. The number of H-pyrrole nitrogens is 1. The molecule has 2 fully saturated rings. The number of carbonyl (C=O) groups excluding carboxylic acids is 12. The highest BCUT2D eigenvalue weighted by atomic mass is 33.1. The summed E-state index contributed by atoms with van der Waals surface area (Å²) in [6.45, 7) is 2.56. The normalized spacial score (nSPS) is 22.8. The molecule has 1 aromatic heterocycles. The summed E-state index contributed by atoms with van der Waals surface area (Å²) < 4.78 is 0. The van der Waals surface area contributed by atoms with Gasteiger partial charge in [0.2, 0.25) is 70.9 Å². The van der Waals surface area contributed by atoms with Gasteiger partial charge in [-0.1, -0.05) is 77.9 Å². The van der Waals surface area contributed by atoms with Crippen molar-refractivity contribution in [3.05, 3.63) is 95.7 Å². The number of primary amides is 1. The van der Waals surface area contributed by atoms with Crippen molar-refractivity contribution in [3.8, 4) is 11.5 Å². The Kier molecular flexibility index (Phi) is 31.7. The van der Waals surface area contributed by atoms with Gasteiger partial charge in [-0.05, 0) is 104 Å². The number of aromatic nitrogens is 1. The molecule has 21 N–H and O–H groups in total. The van der Waals surface area contributed by atoms with Crippen LogP contribution in [0.4, 0.5) is 0 Å². The summed E-state index contributed by atoms with van der Waals surface area (Å²) in [6.07, 6.45) is 0.779. The number of nitrogens with one attached hydrogen (secondary N) is 11. The fraction of sp³-hybridized carbons (Fsp3) is 0.500. The zero-order valence-electron chi connectivity index (χ0n) is 55.6. The lowest BCUT2D eigenvalue weighted by atomic mass is 10.00. The van der Waals surface area contributed by atoms with E-state index < -0.39 is 157 Å². The van der Waals surface area contributed by atoms with Crippen LogP contribution in [0, 0.1) is 5.92 Å². The van der Waals surface area contributed by atoms with Crippen LogP contribution in [0.5, 0.6) is 11.5 Å². The minimum atomic E-state index is -1.71. The van der Waals surface area contributed by atoms with E-state index in [1.165, 1.54) is 53.4 Å². The van der Waals surface area contributed by atoms with Gasteiger partial charge in [-0.3, -0.25) is 62.3 Å². The fourth-order valence-corrected chi connectivity index (χ4v) is 13.5. The van der Waals surface area contributed by atoms with E-state index in [1.54, 1.807) is 44.3 Å². The Labute approximate surface area is 584 Å². The molecule has 34 heteroatoms. The van der Waals surface area contributed by atoms with Crippen LogP contribution >= 0.6 is 21.6 Å². The highest BCUT2D eigenvalue weighted by molar-refractivity contribution is 8.76. The summed E-state index contributed by atoms with van der Waals surface area (Å²) >= 11 is 0. The monoisotopic (exact) mass is 1430 g/mol. The van der Waals surface area contributed by atoms with E-state index in [9.17, 15) is 82.8 Å². The zero-order valence-corrected chi connectivity index (χ0v) is 57.2. The molecule has 2 aliphatic heterocycles. The molecule has 0 unspecified atom stereocenters. The molecule has 3 aromatic carbocycles. The lowest BCUT2D eigenvalue weighted by molar-refractivity contribution is -0.139. The third kappa shape index (κ3) is 24.7. The van der Waals surface area contributed by atoms with E-state index in [0.717, 1.165) is 21.6 Å². The third-order valence-electron chi connectivity index (χ3n) is 16.7. The number of phenolic OH excluding ortho intramolecular Hbond substituents is 2. The molecule has 0 radical (unpaired) electrons. The number of phenols is 2. The number of hydrogen-bond acceptors (Lipinski definition) is 20. The van der Waals surface area contributed by atoms with Crippen LogP contribution in [0.1, 0.15) is 94.7 Å². The first-order valence-electron chi connectivity index (χ1n) is 33.0. The molecule has 2 aliphatic rings. The van der Waals surface area contributed by atoms with Crippen molar-refractivity contribution in [2.75, 3.05) is 44.3 Å². The predicted octanol–water partition coefficient (Wildman–Crippen LogP) is -2.27. The van der Waals surface area contributed by atoms with Gasteiger partial charge in [0.15, 0.2) is 0 Å². The number of aliphatic hydroxyl groups excluding tert-OH is 1. The predicted molar refractivity (Wildman–Crippen MR) is 369 cm³/mol. The number of aromatic amines is 1. The van der Waals surface area contributed by atoms with Gasteiger partial charge < -0.3 is 101 Å². The van der Waals surface area contributed by atoms with Gasteiger partial charge in [0.1, 0.15) is 71.9 Å².